The zero-order chi connectivity index (χ0) is 17.4. The highest BCUT2D eigenvalue weighted by molar-refractivity contribution is 5.97. The summed E-state index contributed by atoms with van der Waals surface area (Å²) >= 11 is 0. The summed E-state index contributed by atoms with van der Waals surface area (Å²) in [6.45, 7) is 3.53. The van der Waals surface area contributed by atoms with Gasteiger partial charge in [-0.25, -0.2) is 5.53 Å². The van der Waals surface area contributed by atoms with Crippen molar-refractivity contribution in [3.8, 4) is 11.8 Å². The number of nitrogens with two attached hydrogens (primary N) is 1. The molecule has 0 spiro atoms. The molecule has 2 aliphatic rings. The van der Waals surface area contributed by atoms with Crippen LogP contribution in [-0.2, 0) is 4.74 Å². The van der Waals surface area contributed by atoms with Gasteiger partial charge < -0.3 is 10.5 Å². The summed E-state index contributed by atoms with van der Waals surface area (Å²) in [7, 11) is 0. The van der Waals surface area contributed by atoms with Crippen LogP contribution >= 0.6 is 0 Å². The van der Waals surface area contributed by atoms with E-state index in [1.54, 1.807) is 0 Å². The average molecular weight is 326 g/mol. The molecule has 1 aliphatic carbocycles. The second-order valence-electron chi connectivity index (χ2n) is 6.26. The maximum Gasteiger partial charge on any atom is 0.173 e. The Morgan fingerprint density at radius 3 is 2.62 bits per heavy atom. The number of amidine groups is 1. The minimum atomic E-state index is -0.000739. The van der Waals surface area contributed by atoms with Crippen molar-refractivity contribution >= 4 is 5.84 Å². The Morgan fingerprint density at radius 2 is 2.12 bits per heavy atom. The summed E-state index contributed by atoms with van der Waals surface area (Å²) in [6.07, 6.45) is 6.50. The van der Waals surface area contributed by atoms with E-state index in [-0.39, 0.29) is 5.84 Å². The van der Waals surface area contributed by atoms with Gasteiger partial charge in [0.25, 0.3) is 0 Å². The number of hydrogen-bond donors (Lipinski definition) is 3. The van der Waals surface area contributed by atoms with Gasteiger partial charge in [-0.15, -0.1) is 5.11 Å². The second-order valence-corrected chi connectivity index (χ2v) is 6.26. The van der Waals surface area contributed by atoms with Crippen LogP contribution in [-0.4, -0.2) is 25.1 Å². The summed E-state index contributed by atoms with van der Waals surface area (Å²) in [4.78, 5) is 0. The maximum absolute atomic E-state index is 7.48. The molecular weight excluding hydrogens is 300 g/mol. The van der Waals surface area contributed by atoms with Gasteiger partial charge in [-0.2, -0.15) is 0 Å². The van der Waals surface area contributed by atoms with Crippen LogP contribution in [0, 0.1) is 35.6 Å². The largest absolute Gasteiger partial charge is 0.377 e. The van der Waals surface area contributed by atoms with E-state index in [1.165, 1.54) is 25.7 Å². The summed E-state index contributed by atoms with van der Waals surface area (Å²) in [5, 5.41) is 10.6. The summed E-state index contributed by atoms with van der Waals surface area (Å²) in [5.41, 5.74) is 14.8. The van der Waals surface area contributed by atoms with E-state index in [0.717, 1.165) is 24.2 Å². The first-order valence-electron chi connectivity index (χ1n) is 8.54. The molecule has 1 aliphatic heterocycles. The van der Waals surface area contributed by atoms with Crippen molar-refractivity contribution in [2.45, 2.75) is 45.1 Å². The van der Waals surface area contributed by atoms with Crippen molar-refractivity contribution < 1.29 is 4.74 Å². The third kappa shape index (κ3) is 5.88. The normalized spacial score (nSPS) is 19.3. The molecule has 1 unspecified atom stereocenters. The molecule has 1 aromatic rings. The lowest BCUT2D eigenvalue weighted by atomic mass is 10.0. The van der Waals surface area contributed by atoms with Gasteiger partial charge in [0.2, 0.25) is 0 Å². The lowest BCUT2D eigenvalue weighted by molar-refractivity contribution is 0.0222. The highest BCUT2D eigenvalue weighted by atomic mass is 16.5. The van der Waals surface area contributed by atoms with Crippen LogP contribution < -0.4 is 5.73 Å². The number of benzene rings is 1. The van der Waals surface area contributed by atoms with E-state index in [9.17, 15) is 0 Å². The van der Waals surface area contributed by atoms with Crippen LogP contribution in [0.1, 0.15) is 48.8 Å². The molecule has 5 nitrogen and oxygen atoms in total. The Labute approximate surface area is 144 Å². The fourth-order valence-corrected chi connectivity index (χ4v) is 2.47. The van der Waals surface area contributed by atoms with Crippen LogP contribution in [0.3, 0.4) is 0 Å². The van der Waals surface area contributed by atoms with Gasteiger partial charge in [0, 0.05) is 30.2 Å². The van der Waals surface area contributed by atoms with Crippen molar-refractivity contribution in [2.24, 2.45) is 16.8 Å². The molecule has 4 N–H and O–H groups in total. The number of nitrogens with zero attached hydrogens (tertiary/aromatic N) is 1. The number of aryl methyl sites for hydroxylation is 1. The molecule has 0 aromatic heterocycles. The Bertz CT molecular complexity index is 635. The van der Waals surface area contributed by atoms with E-state index in [4.69, 9.17) is 21.4 Å². The van der Waals surface area contributed by atoms with E-state index in [2.05, 4.69) is 17.0 Å². The van der Waals surface area contributed by atoms with E-state index in [0.29, 0.717) is 24.1 Å². The van der Waals surface area contributed by atoms with Gasteiger partial charge in [0.05, 0.1) is 6.10 Å². The fraction of sp³-hybridized carbons (Fsp3) is 0.526. The van der Waals surface area contributed by atoms with Gasteiger partial charge in [-0.3, -0.25) is 5.41 Å². The molecule has 3 rings (SSSR count). The van der Waals surface area contributed by atoms with Crippen LogP contribution in [0.4, 0.5) is 0 Å². The van der Waals surface area contributed by atoms with E-state index < -0.39 is 0 Å². The summed E-state index contributed by atoms with van der Waals surface area (Å²) in [5.74, 6) is 6.93. The van der Waals surface area contributed by atoms with Gasteiger partial charge >= 0.3 is 0 Å². The monoisotopic (exact) mass is 326 g/mol. The average Bonchev–Trinajstić information content (AvgIpc) is 3.45. The first-order valence-corrected chi connectivity index (χ1v) is 8.54. The predicted octanol–water partition coefficient (Wildman–Crippen LogP) is 3.63. The molecule has 1 heterocycles. The SMILES string of the molecule is Cc1cc(C#CC2CC2)ccc1C(=N)N=N.NCC1CCCCO1. The highest BCUT2D eigenvalue weighted by Crippen LogP contribution is 2.27. The smallest absolute Gasteiger partial charge is 0.173 e. The first kappa shape index (κ1) is 18.3. The predicted molar refractivity (Wildman–Crippen MR) is 95.4 cm³/mol. The van der Waals surface area contributed by atoms with Gasteiger partial charge in [0.1, 0.15) is 0 Å². The third-order valence-corrected chi connectivity index (χ3v) is 4.13. The first-order chi connectivity index (χ1) is 11.6. The van der Waals surface area contributed by atoms with Crippen molar-refractivity contribution in [2.75, 3.05) is 13.2 Å². The molecule has 1 saturated heterocycles. The molecular formula is C19H26N4O. The van der Waals surface area contributed by atoms with Crippen molar-refractivity contribution in [1.29, 1.82) is 10.9 Å². The number of ether oxygens (including phenoxy) is 1. The molecule has 128 valence electrons. The van der Waals surface area contributed by atoms with Crippen LogP contribution in [0.5, 0.6) is 0 Å². The van der Waals surface area contributed by atoms with Crippen LogP contribution in [0.2, 0.25) is 0 Å². The third-order valence-electron chi connectivity index (χ3n) is 4.13. The second kappa shape index (κ2) is 9.31. The van der Waals surface area contributed by atoms with Crippen molar-refractivity contribution in [1.82, 2.24) is 0 Å². The maximum atomic E-state index is 7.48. The van der Waals surface area contributed by atoms with Crippen LogP contribution in [0.25, 0.3) is 0 Å². The minimum absolute atomic E-state index is 0.000739. The molecule has 1 saturated carbocycles. The lowest BCUT2D eigenvalue weighted by Gasteiger charge is -2.20. The molecule has 0 amide bonds. The lowest BCUT2D eigenvalue weighted by Crippen LogP contribution is -2.27. The summed E-state index contributed by atoms with van der Waals surface area (Å²) < 4.78 is 5.30. The molecule has 2 fully saturated rings. The Morgan fingerprint density at radius 1 is 1.33 bits per heavy atom. The van der Waals surface area contributed by atoms with E-state index >= 15 is 0 Å². The fourth-order valence-electron chi connectivity index (χ4n) is 2.47. The quantitative estimate of drug-likeness (QED) is 0.335. The number of hydrogen-bond acceptors (Lipinski definition) is 4. The minimum Gasteiger partial charge on any atom is -0.377 e. The standard InChI is InChI=1S/C13H13N3.C6H13NO/c1-9-8-11(5-4-10-2-3-10)6-7-12(9)13(14)16-15;7-5-6-3-1-2-4-8-6/h6-8,10,14-15H,2-3H2,1H3;6H,1-5,7H2. The number of rotatable bonds is 2. The Hall–Kier alpha value is -2.03. The molecule has 1 aromatic carbocycles. The molecule has 24 heavy (non-hydrogen) atoms. The molecule has 1 atom stereocenters. The molecule has 5 heteroatoms. The zero-order valence-electron chi connectivity index (χ0n) is 14.3. The molecule has 0 radical (unpaired) electrons. The van der Waals surface area contributed by atoms with Crippen LogP contribution in [0.15, 0.2) is 23.3 Å². The highest BCUT2D eigenvalue weighted by Gasteiger charge is 2.17. The topological polar surface area (TPSA) is 95.3 Å². The number of nitrogens with one attached hydrogen (secondary N) is 2. The van der Waals surface area contributed by atoms with E-state index in [1.807, 2.05) is 25.1 Å². The summed E-state index contributed by atoms with van der Waals surface area (Å²) in [6, 6.07) is 5.65. The molecule has 0 bridgehead atoms. The van der Waals surface area contributed by atoms with Crippen molar-refractivity contribution in [3.05, 3.63) is 34.9 Å². The Balaban J connectivity index is 0.000000219. The van der Waals surface area contributed by atoms with Gasteiger partial charge in [0.15, 0.2) is 5.84 Å². The van der Waals surface area contributed by atoms with Gasteiger partial charge in [-0.1, -0.05) is 11.8 Å². The Kier molecular flexibility index (Phi) is 7.10. The van der Waals surface area contributed by atoms with Gasteiger partial charge in [-0.05, 0) is 62.8 Å². The van der Waals surface area contributed by atoms with Crippen molar-refractivity contribution in [3.63, 3.8) is 0 Å². The zero-order valence-corrected chi connectivity index (χ0v) is 14.3.